The lowest BCUT2D eigenvalue weighted by atomic mass is 9.90. The molecule has 140 valence electrons. The lowest BCUT2D eigenvalue weighted by Crippen LogP contribution is -2.47. The minimum absolute atomic E-state index is 0.0229. The monoisotopic (exact) mass is 365 g/mol. The molecule has 0 spiro atoms. The number of nitrogens with zero attached hydrogens (tertiary/aromatic N) is 1. The smallest absolute Gasteiger partial charge is 0.337 e. The van der Waals surface area contributed by atoms with Crippen molar-refractivity contribution < 1.29 is 29.1 Å². The molecule has 0 saturated carbocycles. The second kappa shape index (κ2) is 7.30. The molecule has 10 heteroatoms. The maximum Gasteiger partial charge on any atom is 0.337 e. The number of ether oxygens (including phenoxy) is 2. The largest absolute Gasteiger partial charge is 0.504 e. The zero-order valence-electron chi connectivity index (χ0n) is 14.7. The molecular weight excluding hydrogens is 346 g/mol. The fourth-order valence-electron chi connectivity index (χ4n) is 2.74. The first-order chi connectivity index (χ1) is 12.2. The molecule has 1 aromatic rings. The number of urea groups is 1. The summed E-state index contributed by atoms with van der Waals surface area (Å²) in [5, 5.41) is 26.6. The topological polar surface area (TPSA) is 140 Å². The number of carbonyl (C=O) groups excluding carboxylic acids is 2. The number of phenols is 1. The van der Waals surface area contributed by atoms with Crippen molar-refractivity contribution in [2.24, 2.45) is 5.92 Å². The molecule has 0 radical (unpaired) electrons. The van der Waals surface area contributed by atoms with Gasteiger partial charge >= 0.3 is 12.0 Å². The van der Waals surface area contributed by atoms with Crippen LogP contribution in [0.25, 0.3) is 0 Å². The summed E-state index contributed by atoms with van der Waals surface area (Å²) in [7, 11) is 2.42. The minimum atomic E-state index is -1.18. The van der Waals surface area contributed by atoms with Crippen molar-refractivity contribution in [3.63, 3.8) is 0 Å². The Morgan fingerprint density at radius 2 is 2.00 bits per heavy atom. The zero-order chi connectivity index (χ0) is 19.6. The van der Waals surface area contributed by atoms with Gasteiger partial charge in [-0.15, -0.1) is 0 Å². The molecular formula is C16H19N3O7. The number of hydrogen-bond acceptors (Lipinski definition) is 7. The van der Waals surface area contributed by atoms with E-state index in [4.69, 9.17) is 9.47 Å². The van der Waals surface area contributed by atoms with E-state index in [-0.39, 0.29) is 34.3 Å². The van der Waals surface area contributed by atoms with Crippen LogP contribution < -0.4 is 15.4 Å². The van der Waals surface area contributed by atoms with E-state index in [1.165, 1.54) is 14.2 Å². The van der Waals surface area contributed by atoms with Crippen molar-refractivity contribution in [1.82, 2.24) is 10.6 Å². The van der Waals surface area contributed by atoms with Crippen LogP contribution in [-0.4, -0.2) is 36.2 Å². The second-order valence-electron chi connectivity index (χ2n) is 5.85. The average Bonchev–Trinajstić information content (AvgIpc) is 2.59. The first kappa shape index (κ1) is 19.0. The molecule has 1 unspecified atom stereocenters. The maximum atomic E-state index is 12.3. The molecule has 1 atom stereocenters. The Morgan fingerprint density at radius 3 is 2.50 bits per heavy atom. The van der Waals surface area contributed by atoms with Gasteiger partial charge in [-0.25, -0.2) is 9.59 Å². The summed E-state index contributed by atoms with van der Waals surface area (Å²) in [5.41, 5.74) is -0.178. The third-order valence-corrected chi connectivity index (χ3v) is 3.92. The van der Waals surface area contributed by atoms with Crippen LogP contribution in [0.2, 0.25) is 0 Å². The van der Waals surface area contributed by atoms with Gasteiger partial charge in [-0.05, 0) is 12.0 Å². The quantitative estimate of drug-likeness (QED) is 0.410. The standard InChI is InChI=1S/C16H19N3O7/c1-7(2)13-12(15(21)26-4)14(18-16(22)17-13)8-5-10(20)11(25-3)6-9(8)19(23)24/h5-7,14,20H,1-4H3,(H2,17,18,22). The number of nitro groups is 1. The number of hydrogen-bond donors (Lipinski definition) is 3. The van der Waals surface area contributed by atoms with Crippen LogP contribution in [0.4, 0.5) is 10.5 Å². The summed E-state index contributed by atoms with van der Waals surface area (Å²) >= 11 is 0. The molecule has 0 bridgehead atoms. The van der Waals surface area contributed by atoms with Gasteiger partial charge in [0.1, 0.15) is 0 Å². The molecule has 1 aliphatic rings. The van der Waals surface area contributed by atoms with Crippen molar-refractivity contribution in [3.05, 3.63) is 39.1 Å². The Labute approximate surface area is 148 Å². The van der Waals surface area contributed by atoms with E-state index in [2.05, 4.69) is 10.6 Å². The Hall–Kier alpha value is -3.30. The molecule has 1 aromatic carbocycles. The van der Waals surface area contributed by atoms with E-state index >= 15 is 0 Å². The van der Waals surface area contributed by atoms with Gasteiger partial charge in [-0.1, -0.05) is 13.8 Å². The molecule has 1 aliphatic heterocycles. The lowest BCUT2D eigenvalue weighted by molar-refractivity contribution is -0.385. The molecule has 1 heterocycles. The highest BCUT2D eigenvalue weighted by atomic mass is 16.6. The molecule has 0 saturated heterocycles. The van der Waals surface area contributed by atoms with Crippen LogP contribution in [0.1, 0.15) is 25.5 Å². The van der Waals surface area contributed by atoms with Gasteiger partial charge in [0.15, 0.2) is 11.5 Å². The van der Waals surface area contributed by atoms with E-state index < -0.39 is 28.7 Å². The Bertz CT molecular complexity index is 801. The van der Waals surface area contributed by atoms with E-state index in [0.29, 0.717) is 0 Å². The molecule has 3 N–H and O–H groups in total. The fourth-order valence-corrected chi connectivity index (χ4v) is 2.74. The van der Waals surface area contributed by atoms with E-state index in [0.717, 1.165) is 12.1 Å². The number of benzene rings is 1. The molecule has 10 nitrogen and oxygen atoms in total. The molecule has 0 fully saturated rings. The van der Waals surface area contributed by atoms with Crippen LogP contribution in [0.5, 0.6) is 11.5 Å². The predicted octanol–water partition coefficient (Wildman–Crippen LogP) is 1.75. The highest BCUT2D eigenvalue weighted by Gasteiger charge is 2.38. The normalized spacial score (nSPS) is 16.8. The van der Waals surface area contributed by atoms with Crippen LogP contribution in [-0.2, 0) is 9.53 Å². The molecule has 2 amide bonds. The first-order valence-corrected chi connectivity index (χ1v) is 7.66. The number of allylic oxidation sites excluding steroid dienone is 1. The molecule has 26 heavy (non-hydrogen) atoms. The van der Waals surface area contributed by atoms with Crippen LogP contribution in [0, 0.1) is 16.0 Å². The SMILES string of the molecule is COC(=O)C1=C(C(C)C)NC(=O)NC1c1cc(O)c(OC)cc1[N+](=O)[O-]. The summed E-state index contributed by atoms with van der Waals surface area (Å²) in [6.07, 6.45) is 0. The number of esters is 1. The minimum Gasteiger partial charge on any atom is -0.504 e. The molecule has 2 rings (SSSR count). The van der Waals surface area contributed by atoms with Gasteiger partial charge in [0.05, 0.1) is 42.4 Å². The number of aromatic hydroxyl groups is 1. The predicted molar refractivity (Wildman–Crippen MR) is 89.6 cm³/mol. The number of rotatable bonds is 5. The summed E-state index contributed by atoms with van der Waals surface area (Å²) in [4.78, 5) is 35.2. The zero-order valence-corrected chi connectivity index (χ0v) is 14.7. The van der Waals surface area contributed by atoms with Crippen molar-refractivity contribution in [2.45, 2.75) is 19.9 Å². The second-order valence-corrected chi connectivity index (χ2v) is 5.85. The van der Waals surface area contributed by atoms with Crippen molar-refractivity contribution in [1.29, 1.82) is 0 Å². The summed E-state index contributed by atoms with van der Waals surface area (Å²) in [5.74, 6) is -1.48. The van der Waals surface area contributed by atoms with Crippen molar-refractivity contribution >= 4 is 17.7 Å². The van der Waals surface area contributed by atoms with Crippen LogP contribution >= 0.6 is 0 Å². The number of carbonyl (C=O) groups is 2. The Balaban J connectivity index is 2.77. The van der Waals surface area contributed by atoms with Crippen LogP contribution in [0.15, 0.2) is 23.4 Å². The van der Waals surface area contributed by atoms with Gasteiger partial charge in [0, 0.05) is 5.70 Å². The van der Waals surface area contributed by atoms with Crippen molar-refractivity contribution in [3.8, 4) is 11.5 Å². The number of nitro benzene ring substituents is 1. The van der Waals surface area contributed by atoms with E-state index in [1.54, 1.807) is 13.8 Å². The molecule has 0 aromatic heterocycles. The lowest BCUT2D eigenvalue weighted by Gasteiger charge is -2.30. The average molecular weight is 365 g/mol. The number of methoxy groups -OCH3 is 2. The van der Waals surface area contributed by atoms with Gasteiger partial charge in [0.2, 0.25) is 0 Å². The van der Waals surface area contributed by atoms with Crippen molar-refractivity contribution in [2.75, 3.05) is 14.2 Å². The van der Waals surface area contributed by atoms with Gasteiger partial charge in [0.25, 0.3) is 5.69 Å². The highest BCUT2D eigenvalue weighted by molar-refractivity contribution is 5.95. The summed E-state index contributed by atoms with van der Waals surface area (Å²) < 4.78 is 9.68. The van der Waals surface area contributed by atoms with E-state index in [1.807, 2.05) is 0 Å². The number of nitrogens with one attached hydrogen (secondary N) is 2. The summed E-state index contributed by atoms with van der Waals surface area (Å²) in [6.45, 7) is 3.50. The van der Waals surface area contributed by atoms with Gasteiger partial charge < -0.3 is 25.2 Å². The van der Waals surface area contributed by atoms with Gasteiger partial charge in [-0.3, -0.25) is 10.1 Å². The number of phenolic OH excluding ortho intramolecular Hbond substituents is 1. The summed E-state index contributed by atoms with van der Waals surface area (Å²) in [6, 6.07) is 0.318. The first-order valence-electron chi connectivity index (χ1n) is 7.66. The highest BCUT2D eigenvalue weighted by Crippen LogP contribution is 2.40. The third-order valence-electron chi connectivity index (χ3n) is 3.92. The van der Waals surface area contributed by atoms with E-state index in [9.17, 15) is 24.8 Å². The fraction of sp³-hybridized carbons (Fsp3) is 0.375. The van der Waals surface area contributed by atoms with Crippen LogP contribution in [0.3, 0.4) is 0 Å². The maximum absolute atomic E-state index is 12.3. The third kappa shape index (κ3) is 3.39. The Morgan fingerprint density at radius 1 is 1.35 bits per heavy atom. The number of amides is 2. The molecule has 0 aliphatic carbocycles. The Kier molecular flexibility index (Phi) is 5.34. The van der Waals surface area contributed by atoms with Gasteiger partial charge in [-0.2, -0.15) is 0 Å².